The van der Waals surface area contributed by atoms with E-state index in [0.29, 0.717) is 5.02 Å². The molecule has 0 aliphatic rings. The number of benzene rings is 1. The quantitative estimate of drug-likeness (QED) is 0.595. The van der Waals surface area contributed by atoms with Gasteiger partial charge in [0.2, 0.25) is 0 Å². The number of aliphatic hydroxyl groups excluding tert-OH is 1. The van der Waals surface area contributed by atoms with Crippen molar-refractivity contribution in [3.05, 3.63) is 33.3 Å². The Morgan fingerprint density at radius 3 is 2.88 bits per heavy atom. The van der Waals surface area contributed by atoms with E-state index in [1.807, 2.05) is 0 Å². The van der Waals surface area contributed by atoms with Gasteiger partial charge in [0.15, 0.2) is 5.75 Å². The molecule has 3 N–H and O–H groups in total. The van der Waals surface area contributed by atoms with E-state index in [2.05, 4.69) is 0 Å². The fraction of sp³-hybridized carbons (Fsp3) is 0.333. The molecule has 0 spiro atoms. The molecule has 0 bridgehead atoms. The molecule has 0 saturated carbocycles. The van der Waals surface area contributed by atoms with Crippen LogP contribution in [0.25, 0.3) is 0 Å². The molecule has 0 saturated heterocycles. The lowest BCUT2D eigenvalue weighted by atomic mass is 10.3. The van der Waals surface area contributed by atoms with Gasteiger partial charge >= 0.3 is 5.69 Å². The third-order valence-corrected chi connectivity index (χ3v) is 2.06. The zero-order valence-electron chi connectivity index (χ0n) is 8.30. The molecule has 88 valence electrons. The normalized spacial score (nSPS) is 12.2. The van der Waals surface area contributed by atoms with Gasteiger partial charge in [0, 0.05) is 23.7 Å². The van der Waals surface area contributed by atoms with Crippen LogP contribution in [0.2, 0.25) is 5.02 Å². The number of nitro groups is 1. The maximum Gasteiger partial charge on any atom is 0.311 e. The first-order valence-corrected chi connectivity index (χ1v) is 4.87. The summed E-state index contributed by atoms with van der Waals surface area (Å²) in [5.74, 6) is 0.0185. The second-order valence-electron chi connectivity index (χ2n) is 3.07. The Hall–Kier alpha value is -1.37. The highest BCUT2D eigenvalue weighted by Crippen LogP contribution is 2.29. The molecular weight excluding hydrogens is 236 g/mol. The van der Waals surface area contributed by atoms with Crippen molar-refractivity contribution in [1.82, 2.24) is 0 Å². The molecule has 1 atom stereocenters. The molecule has 1 unspecified atom stereocenters. The van der Waals surface area contributed by atoms with Crippen LogP contribution in [0.1, 0.15) is 0 Å². The molecule has 6 nitrogen and oxygen atoms in total. The van der Waals surface area contributed by atoms with Crippen LogP contribution in [-0.2, 0) is 0 Å². The SMILES string of the molecule is NCC(O)COc1cc(Cl)ccc1[N+](=O)[O-]. The predicted octanol–water partition coefficient (Wildman–Crippen LogP) is 0.947. The minimum Gasteiger partial charge on any atom is -0.484 e. The third kappa shape index (κ3) is 3.34. The topological polar surface area (TPSA) is 98.6 Å². The summed E-state index contributed by atoms with van der Waals surface area (Å²) in [6, 6.07) is 3.96. The minimum absolute atomic E-state index is 0.0185. The van der Waals surface area contributed by atoms with E-state index in [9.17, 15) is 10.1 Å². The summed E-state index contributed by atoms with van der Waals surface area (Å²) < 4.78 is 5.08. The van der Waals surface area contributed by atoms with E-state index >= 15 is 0 Å². The monoisotopic (exact) mass is 246 g/mol. The third-order valence-electron chi connectivity index (χ3n) is 1.82. The van der Waals surface area contributed by atoms with Gasteiger partial charge in [-0.1, -0.05) is 11.6 Å². The number of ether oxygens (including phenoxy) is 1. The van der Waals surface area contributed by atoms with Crippen LogP contribution in [0.15, 0.2) is 18.2 Å². The number of rotatable bonds is 5. The summed E-state index contributed by atoms with van der Waals surface area (Å²) in [4.78, 5) is 10.1. The molecule has 0 fully saturated rings. The van der Waals surface area contributed by atoms with Crippen molar-refractivity contribution < 1.29 is 14.8 Å². The van der Waals surface area contributed by atoms with Gasteiger partial charge in [-0.05, 0) is 6.07 Å². The van der Waals surface area contributed by atoms with Gasteiger partial charge in [0.25, 0.3) is 0 Å². The molecular formula is C9H11ClN2O4. The van der Waals surface area contributed by atoms with Crippen molar-refractivity contribution in [2.75, 3.05) is 13.2 Å². The Balaban J connectivity index is 2.84. The lowest BCUT2D eigenvalue weighted by Gasteiger charge is -2.10. The summed E-state index contributed by atoms with van der Waals surface area (Å²) in [5.41, 5.74) is 4.97. The Labute approximate surface area is 96.7 Å². The first-order valence-electron chi connectivity index (χ1n) is 4.49. The van der Waals surface area contributed by atoms with Gasteiger partial charge in [-0.25, -0.2) is 0 Å². The molecule has 1 rings (SSSR count). The predicted molar refractivity (Wildman–Crippen MR) is 58.7 cm³/mol. The van der Waals surface area contributed by atoms with Crippen LogP contribution >= 0.6 is 11.6 Å². The molecule has 0 aromatic heterocycles. The van der Waals surface area contributed by atoms with Crippen LogP contribution in [-0.4, -0.2) is 29.3 Å². The smallest absolute Gasteiger partial charge is 0.311 e. The Morgan fingerprint density at radius 2 is 2.31 bits per heavy atom. The maximum atomic E-state index is 10.6. The van der Waals surface area contributed by atoms with Crippen LogP contribution in [0.4, 0.5) is 5.69 Å². The van der Waals surface area contributed by atoms with Crippen molar-refractivity contribution >= 4 is 17.3 Å². The van der Waals surface area contributed by atoms with Gasteiger partial charge in [0.1, 0.15) is 12.7 Å². The molecule has 7 heteroatoms. The van der Waals surface area contributed by atoms with E-state index in [4.69, 9.17) is 27.2 Å². The number of nitrogens with two attached hydrogens (primary N) is 1. The average molecular weight is 247 g/mol. The first kappa shape index (κ1) is 12.7. The number of halogens is 1. The van der Waals surface area contributed by atoms with Crippen LogP contribution in [0.3, 0.4) is 0 Å². The van der Waals surface area contributed by atoms with Gasteiger partial charge in [-0.3, -0.25) is 10.1 Å². The van der Waals surface area contributed by atoms with Crippen LogP contribution in [0, 0.1) is 10.1 Å². The molecule has 0 aliphatic heterocycles. The van der Waals surface area contributed by atoms with E-state index in [1.54, 1.807) is 0 Å². The van der Waals surface area contributed by atoms with Crippen molar-refractivity contribution in [1.29, 1.82) is 0 Å². The molecule has 0 radical (unpaired) electrons. The van der Waals surface area contributed by atoms with Gasteiger partial charge in [-0.15, -0.1) is 0 Å². The highest BCUT2D eigenvalue weighted by atomic mass is 35.5. The summed E-state index contributed by atoms with van der Waals surface area (Å²) in [7, 11) is 0. The molecule has 1 aromatic rings. The highest BCUT2D eigenvalue weighted by Gasteiger charge is 2.16. The number of hydrogen-bond donors (Lipinski definition) is 2. The van der Waals surface area contributed by atoms with E-state index in [1.165, 1.54) is 18.2 Å². The zero-order valence-corrected chi connectivity index (χ0v) is 9.05. The highest BCUT2D eigenvalue weighted by molar-refractivity contribution is 6.30. The number of nitro benzene ring substituents is 1. The second kappa shape index (κ2) is 5.64. The standard InChI is InChI=1S/C9H11ClN2O4/c10-6-1-2-8(12(14)15)9(3-6)16-5-7(13)4-11/h1-3,7,13H,4-5,11H2. The minimum atomic E-state index is -0.862. The van der Waals surface area contributed by atoms with Gasteiger partial charge in [0.05, 0.1) is 4.92 Å². The molecule has 1 aromatic carbocycles. The average Bonchev–Trinajstić information content (AvgIpc) is 2.25. The number of aliphatic hydroxyl groups is 1. The van der Waals surface area contributed by atoms with Crippen molar-refractivity contribution in [3.63, 3.8) is 0 Å². The molecule has 0 heterocycles. The summed E-state index contributed by atoms with van der Waals surface area (Å²) in [6.07, 6.45) is -0.862. The second-order valence-corrected chi connectivity index (χ2v) is 3.51. The Bertz CT molecular complexity index is 386. The Morgan fingerprint density at radius 1 is 1.62 bits per heavy atom. The number of hydrogen-bond acceptors (Lipinski definition) is 5. The van der Waals surface area contributed by atoms with E-state index in [0.717, 1.165) is 0 Å². The first-order chi connectivity index (χ1) is 7.54. The van der Waals surface area contributed by atoms with Crippen molar-refractivity contribution in [2.24, 2.45) is 5.73 Å². The maximum absolute atomic E-state index is 10.6. The molecule has 16 heavy (non-hydrogen) atoms. The molecule has 0 amide bonds. The fourth-order valence-electron chi connectivity index (χ4n) is 1.01. The molecule has 0 aliphatic carbocycles. The summed E-state index contributed by atoms with van der Waals surface area (Å²) in [5, 5.41) is 20.1. The van der Waals surface area contributed by atoms with Crippen LogP contribution in [0.5, 0.6) is 5.75 Å². The summed E-state index contributed by atoms with van der Waals surface area (Å²) in [6.45, 7) is -0.0912. The van der Waals surface area contributed by atoms with Crippen molar-refractivity contribution in [3.8, 4) is 5.75 Å². The van der Waals surface area contributed by atoms with Crippen LogP contribution < -0.4 is 10.5 Å². The summed E-state index contributed by atoms with van der Waals surface area (Å²) >= 11 is 5.68. The number of nitrogens with zero attached hydrogens (tertiary/aromatic N) is 1. The van der Waals surface area contributed by atoms with Crippen molar-refractivity contribution in [2.45, 2.75) is 6.10 Å². The van der Waals surface area contributed by atoms with E-state index < -0.39 is 11.0 Å². The van der Waals surface area contributed by atoms with E-state index in [-0.39, 0.29) is 24.6 Å². The largest absolute Gasteiger partial charge is 0.484 e. The lowest BCUT2D eigenvalue weighted by molar-refractivity contribution is -0.385. The van der Waals surface area contributed by atoms with Gasteiger partial charge in [-0.2, -0.15) is 0 Å². The lowest BCUT2D eigenvalue weighted by Crippen LogP contribution is -2.26. The van der Waals surface area contributed by atoms with Gasteiger partial charge < -0.3 is 15.6 Å². The zero-order chi connectivity index (χ0) is 12.1. The fourth-order valence-corrected chi connectivity index (χ4v) is 1.17. The Kier molecular flexibility index (Phi) is 4.48.